The maximum atomic E-state index is 11.5. The van der Waals surface area contributed by atoms with E-state index in [2.05, 4.69) is 23.1 Å². The summed E-state index contributed by atoms with van der Waals surface area (Å²) >= 11 is 0. The number of benzene rings is 2. The molecule has 0 unspecified atom stereocenters. The zero-order valence-electron chi connectivity index (χ0n) is 11.9. The number of hydrogen-bond donors (Lipinski definition) is 2. The van der Waals surface area contributed by atoms with Gasteiger partial charge in [0.05, 0.1) is 16.9 Å². The van der Waals surface area contributed by atoms with Crippen molar-refractivity contribution in [1.29, 1.82) is 0 Å². The van der Waals surface area contributed by atoms with Gasteiger partial charge in [0.15, 0.2) is 0 Å². The van der Waals surface area contributed by atoms with E-state index < -0.39 is 5.91 Å². The van der Waals surface area contributed by atoms with Gasteiger partial charge >= 0.3 is 0 Å². The molecular formula is C17H19N3O. The summed E-state index contributed by atoms with van der Waals surface area (Å²) in [5.74, 6) is -0.488. The van der Waals surface area contributed by atoms with Gasteiger partial charge in [-0.3, -0.25) is 4.79 Å². The predicted molar refractivity (Wildman–Crippen MR) is 85.8 cm³/mol. The van der Waals surface area contributed by atoms with Gasteiger partial charge in [-0.25, -0.2) is 0 Å². The number of nitrogen functional groups attached to an aromatic ring is 1. The average Bonchev–Trinajstić information content (AvgIpc) is 2.69. The Bertz CT molecular complexity index is 681. The molecule has 3 rings (SSSR count). The van der Waals surface area contributed by atoms with Crippen LogP contribution in [0.2, 0.25) is 0 Å². The Morgan fingerprint density at radius 3 is 2.57 bits per heavy atom. The molecule has 0 saturated carbocycles. The van der Waals surface area contributed by atoms with Gasteiger partial charge in [-0.15, -0.1) is 0 Å². The summed E-state index contributed by atoms with van der Waals surface area (Å²) in [7, 11) is 0. The number of nitrogens with two attached hydrogens (primary N) is 2. The van der Waals surface area contributed by atoms with Gasteiger partial charge in [-0.05, 0) is 43.0 Å². The van der Waals surface area contributed by atoms with Crippen LogP contribution >= 0.6 is 0 Å². The van der Waals surface area contributed by atoms with E-state index in [-0.39, 0.29) is 0 Å². The zero-order chi connectivity index (χ0) is 14.8. The molecule has 0 aliphatic carbocycles. The third-order valence-electron chi connectivity index (χ3n) is 4.00. The van der Waals surface area contributed by atoms with Crippen molar-refractivity contribution < 1.29 is 4.79 Å². The maximum absolute atomic E-state index is 11.5. The van der Waals surface area contributed by atoms with Crippen molar-refractivity contribution in [2.45, 2.75) is 19.3 Å². The number of rotatable bonds is 2. The first kappa shape index (κ1) is 13.5. The number of carbonyl (C=O) groups excluding carboxylic acids is 1. The molecule has 0 bridgehead atoms. The summed E-state index contributed by atoms with van der Waals surface area (Å²) in [6.07, 6.45) is 3.32. The molecule has 0 saturated heterocycles. The fraction of sp³-hybridized carbons (Fsp3) is 0.235. The third-order valence-corrected chi connectivity index (χ3v) is 4.00. The van der Waals surface area contributed by atoms with Gasteiger partial charge in [-0.2, -0.15) is 0 Å². The van der Waals surface area contributed by atoms with E-state index in [1.54, 1.807) is 6.07 Å². The minimum atomic E-state index is -0.488. The van der Waals surface area contributed by atoms with Crippen LogP contribution in [0.4, 0.5) is 17.1 Å². The van der Waals surface area contributed by atoms with E-state index >= 15 is 0 Å². The number of anilines is 3. The SMILES string of the molecule is NC(=O)c1cccc(N2CCCCc3ccccc32)c1N. The van der Waals surface area contributed by atoms with Crippen LogP contribution in [0, 0.1) is 0 Å². The molecule has 0 spiro atoms. The molecule has 108 valence electrons. The number of nitrogens with zero attached hydrogens (tertiary/aromatic N) is 1. The number of para-hydroxylation sites is 2. The van der Waals surface area contributed by atoms with Gasteiger partial charge in [0, 0.05) is 12.2 Å². The Morgan fingerprint density at radius 1 is 1.00 bits per heavy atom. The summed E-state index contributed by atoms with van der Waals surface area (Å²) in [4.78, 5) is 13.7. The van der Waals surface area contributed by atoms with Crippen molar-refractivity contribution in [1.82, 2.24) is 0 Å². The largest absolute Gasteiger partial charge is 0.396 e. The summed E-state index contributed by atoms with van der Waals surface area (Å²) in [5, 5.41) is 0. The highest BCUT2D eigenvalue weighted by Crippen LogP contribution is 2.36. The monoisotopic (exact) mass is 281 g/mol. The first-order valence-corrected chi connectivity index (χ1v) is 7.22. The lowest BCUT2D eigenvalue weighted by Crippen LogP contribution is -2.21. The van der Waals surface area contributed by atoms with Gasteiger partial charge < -0.3 is 16.4 Å². The van der Waals surface area contributed by atoms with E-state index in [1.165, 1.54) is 11.3 Å². The van der Waals surface area contributed by atoms with E-state index in [0.29, 0.717) is 11.3 Å². The van der Waals surface area contributed by atoms with Gasteiger partial charge in [0.2, 0.25) is 0 Å². The molecule has 4 nitrogen and oxygen atoms in total. The highest BCUT2D eigenvalue weighted by Gasteiger charge is 2.20. The van der Waals surface area contributed by atoms with Crippen molar-refractivity contribution in [2.75, 3.05) is 17.2 Å². The Hall–Kier alpha value is -2.49. The first-order valence-electron chi connectivity index (χ1n) is 7.22. The minimum Gasteiger partial charge on any atom is -0.396 e. The normalized spacial score (nSPS) is 14.4. The molecule has 0 fully saturated rings. The molecule has 0 aromatic heterocycles. The number of carbonyl (C=O) groups is 1. The Kier molecular flexibility index (Phi) is 3.52. The lowest BCUT2D eigenvalue weighted by molar-refractivity contribution is 0.100. The molecule has 1 aliphatic heterocycles. The molecule has 0 atom stereocenters. The second-order valence-electron chi connectivity index (χ2n) is 5.34. The van der Waals surface area contributed by atoms with Crippen LogP contribution in [0.1, 0.15) is 28.8 Å². The molecule has 4 N–H and O–H groups in total. The van der Waals surface area contributed by atoms with E-state index in [4.69, 9.17) is 11.5 Å². The van der Waals surface area contributed by atoms with Crippen molar-refractivity contribution in [3.05, 3.63) is 53.6 Å². The number of primary amides is 1. The van der Waals surface area contributed by atoms with Crippen molar-refractivity contribution in [3.8, 4) is 0 Å². The van der Waals surface area contributed by atoms with Crippen LogP contribution < -0.4 is 16.4 Å². The Balaban J connectivity index is 2.12. The molecule has 2 aromatic rings. The molecule has 21 heavy (non-hydrogen) atoms. The highest BCUT2D eigenvalue weighted by atomic mass is 16.1. The van der Waals surface area contributed by atoms with Crippen LogP contribution in [0.15, 0.2) is 42.5 Å². The molecule has 4 heteroatoms. The second-order valence-corrected chi connectivity index (χ2v) is 5.34. The Morgan fingerprint density at radius 2 is 1.76 bits per heavy atom. The molecule has 2 aromatic carbocycles. The van der Waals surface area contributed by atoms with Crippen LogP contribution in [-0.4, -0.2) is 12.5 Å². The molecule has 1 heterocycles. The van der Waals surface area contributed by atoms with E-state index in [1.807, 2.05) is 18.2 Å². The van der Waals surface area contributed by atoms with Crippen molar-refractivity contribution >= 4 is 23.0 Å². The minimum absolute atomic E-state index is 0.384. The van der Waals surface area contributed by atoms with Crippen LogP contribution in [0.5, 0.6) is 0 Å². The molecule has 1 amide bonds. The topological polar surface area (TPSA) is 72.4 Å². The van der Waals surface area contributed by atoms with E-state index in [0.717, 1.165) is 31.5 Å². The number of aryl methyl sites for hydroxylation is 1. The third kappa shape index (κ3) is 2.44. The molecule has 0 radical (unpaired) electrons. The molecular weight excluding hydrogens is 262 g/mol. The van der Waals surface area contributed by atoms with Crippen molar-refractivity contribution in [2.24, 2.45) is 5.73 Å². The highest BCUT2D eigenvalue weighted by molar-refractivity contribution is 6.01. The summed E-state index contributed by atoms with van der Waals surface area (Å²) in [5.41, 5.74) is 15.8. The standard InChI is InChI=1S/C17H19N3O/c18-16-13(17(19)21)8-5-10-15(16)20-11-4-3-7-12-6-1-2-9-14(12)20/h1-2,5-6,8-10H,3-4,7,11,18H2,(H2,19,21). The van der Waals surface area contributed by atoms with Gasteiger partial charge in [0.1, 0.15) is 0 Å². The number of fused-ring (bicyclic) bond motifs is 1. The van der Waals surface area contributed by atoms with Crippen LogP contribution in [-0.2, 0) is 6.42 Å². The fourth-order valence-electron chi connectivity index (χ4n) is 2.94. The van der Waals surface area contributed by atoms with Gasteiger partial charge in [-0.1, -0.05) is 24.3 Å². The zero-order valence-corrected chi connectivity index (χ0v) is 11.9. The maximum Gasteiger partial charge on any atom is 0.250 e. The smallest absolute Gasteiger partial charge is 0.250 e. The first-order chi connectivity index (χ1) is 10.2. The lowest BCUT2D eigenvalue weighted by Gasteiger charge is -2.27. The number of amides is 1. The van der Waals surface area contributed by atoms with Gasteiger partial charge in [0.25, 0.3) is 5.91 Å². The molecule has 1 aliphatic rings. The fourth-order valence-corrected chi connectivity index (χ4v) is 2.94. The quantitative estimate of drug-likeness (QED) is 0.831. The van der Waals surface area contributed by atoms with E-state index in [9.17, 15) is 4.79 Å². The Labute approximate surface area is 124 Å². The summed E-state index contributed by atoms with van der Waals surface area (Å²) in [6.45, 7) is 0.892. The summed E-state index contributed by atoms with van der Waals surface area (Å²) in [6, 6.07) is 13.8. The van der Waals surface area contributed by atoms with Crippen LogP contribution in [0.3, 0.4) is 0 Å². The number of hydrogen-bond acceptors (Lipinski definition) is 3. The predicted octanol–water partition coefficient (Wildman–Crippen LogP) is 2.84. The second kappa shape index (κ2) is 5.48. The van der Waals surface area contributed by atoms with Crippen LogP contribution in [0.25, 0.3) is 0 Å². The lowest BCUT2D eigenvalue weighted by atomic mass is 10.1. The summed E-state index contributed by atoms with van der Waals surface area (Å²) < 4.78 is 0. The van der Waals surface area contributed by atoms with Crippen molar-refractivity contribution in [3.63, 3.8) is 0 Å². The average molecular weight is 281 g/mol.